The molecule has 1 aliphatic heterocycles. The van der Waals surface area contributed by atoms with E-state index in [0.717, 1.165) is 0 Å². The van der Waals surface area contributed by atoms with E-state index in [1.807, 2.05) is 0 Å². The van der Waals surface area contributed by atoms with E-state index in [1.165, 1.54) is 21.3 Å². The van der Waals surface area contributed by atoms with Gasteiger partial charge in [0.2, 0.25) is 5.75 Å². The number of carbonyl (C=O) groups excluding carboxylic acids is 1. The first-order valence-electron chi connectivity index (χ1n) is 5.28. The smallest absolute Gasteiger partial charge is 0.547 e. The monoisotopic (exact) mass is 276 g/mol. The first kappa shape index (κ1) is 16.1. The second kappa shape index (κ2) is 6.47. The zero-order valence-corrected chi connectivity index (χ0v) is 13.3. The molecular formula is C12H13NaO6. The van der Waals surface area contributed by atoms with Crippen molar-refractivity contribution in [3.05, 3.63) is 17.7 Å². The van der Waals surface area contributed by atoms with Crippen LogP contribution in [0.4, 0.5) is 0 Å². The molecule has 1 heterocycles. The maximum Gasteiger partial charge on any atom is 1.00 e. The molecule has 0 amide bonds. The molecule has 0 N–H and O–H groups in total. The van der Waals surface area contributed by atoms with Gasteiger partial charge in [0.1, 0.15) is 12.2 Å². The van der Waals surface area contributed by atoms with Gasteiger partial charge in [0.25, 0.3) is 0 Å². The first-order chi connectivity index (χ1) is 8.62. The minimum atomic E-state index is -1.23. The normalized spacial score (nSPS) is 20.2. The summed E-state index contributed by atoms with van der Waals surface area (Å²) in [5.41, 5.74) is 0.652. The fraction of sp³-hybridized carbons (Fsp3) is 0.417. The molecule has 98 valence electrons. The molecule has 19 heavy (non-hydrogen) atoms. The van der Waals surface area contributed by atoms with Crippen LogP contribution in [0, 0.1) is 0 Å². The molecular weight excluding hydrogens is 263 g/mol. The fourth-order valence-corrected chi connectivity index (χ4v) is 1.81. The van der Waals surface area contributed by atoms with E-state index in [2.05, 4.69) is 0 Å². The maximum absolute atomic E-state index is 10.7. The van der Waals surface area contributed by atoms with Crippen LogP contribution < -0.4 is 48.9 Å². The van der Waals surface area contributed by atoms with Gasteiger partial charge in [-0.2, -0.15) is 0 Å². The predicted octanol–water partition coefficient (Wildman–Crippen LogP) is -3.09. The Bertz CT molecular complexity index is 450. The van der Waals surface area contributed by atoms with Gasteiger partial charge in [-0.05, 0) is 17.7 Å². The largest absolute Gasteiger partial charge is 1.00 e. The van der Waals surface area contributed by atoms with Crippen molar-refractivity contribution in [1.82, 2.24) is 0 Å². The Kier molecular flexibility index (Phi) is 5.49. The van der Waals surface area contributed by atoms with Gasteiger partial charge < -0.3 is 28.8 Å². The number of carboxylic acid groups (broad SMARTS) is 1. The molecule has 0 radical (unpaired) electrons. The van der Waals surface area contributed by atoms with Crippen molar-refractivity contribution in [2.24, 2.45) is 0 Å². The van der Waals surface area contributed by atoms with E-state index in [0.29, 0.717) is 22.8 Å². The van der Waals surface area contributed by atoms with Gasteiger partial charge in [0.15, 0.2) is 11.5 Å². The average Bonchev–Trinajstić information content (AvgIpc) is 3.17. The molecule has 0 bridgehead atoms. The van der Waals surface area contributed by atoms with Crippen LogP contribution >= 0.6 is 0 Å². The zero-order valence-electron chi connectivity index (χ0n) is 11.3. The summed E-state index contributed by atoms with van der Waals surface area (Å²) in [5.74, 6) is 0.141. The Hall–Kier alpha value is -0.950. The Morgan fingerprint density at radius 2 is 1.68 bits per heavy atom. The number of epoxide rings is 1. The molecule has 2 unspecified atom stereocenters. The first-order valence-corrected chi connectivity index (χ1v) is 5.28. The van der Waals surface area contributed by atoms with E-state index in [4.69, 9.17) is 18.9 Å². The summed E-state index contributed by atoms with van der Waals surface area (Å²) in [6.45, 7) is 0. The summed E-state index contributed by atoms with van der Waals surface area (Å²) in [6.07, 6.45) is -1.43. The second-order valence-corrected chi connectivity index (χ2v) is 3.75. The van der Waals surface area contributed by atoms with Crippen LogP contribution in [0.2, 0.25) is 0 Å². The predicted molar refractivity (Wildman–Crippen MR) is 58.7 cm³/mol. The second-order valence-electron chi connectivity index (χ2n) is 3.75. The standard InChI is InChI=1S/C12H14O6.Na/c1-15-7-4-6(9-11(18-9)12(13)14)5-8(16-2)10(7)17-3;/h4-5,9,11H,1-3H3,(H,13,14);/q;+1/p-1. The van der Waals surface area contributed by atoms with Crippen LogP contribution in [0.5, 0.6) is 17.2 Å². The van der Waals surface area contributed by atoms with Crippen molar-refractivity contribution < 1.29 is 58.4 Å². The Balaban J connectivity index is 0.00000180. The van der Waals surface area contributed by atoms with Gasteiger partial charge in [-0.1, -0.05) is 0 Å². The number of hydrogen-bond acceptors (Lipinski definition) is 6. The van der Waals surface area contributed by atoms with Gasteiger partial charge in [0.05, 0.1) is 27.3 Å². The third-order valence-electron chi connectivity index (χ3n) is 2.74. The summed E-state index contributed by atoms with van der Waals surface area (Å²) in [7, 11) is 4.48. The van der Waals surface area contributed by atoms with Crippen molar-refractivity contribution in [1.29, 1.82) is 0 Å². The zero-order chi connectivity index (χ0) is 13.3. The van der Waals surface area contributed by atoms with Gasteiger partial charge in [-0.25, -0.2) is 0 Å². The molecule has 2 atom stereocenters. The van der Waals surface area contributed by atoms with Crippen LogP contribution in [0.15, 0.2) is 12.1 Å². The Labute approximate surface area is 132 Å². The molecule has 1 aromatic rings. The van der Waals surface area contributed by atoms with Crippen molar-refractivity contribution in [2.45, 2.75) is 12.2 Å². The van der Waals surface area contributed by atoms with E-state index in [1.54, 1.807) is 12.1 Å². The summed E-state index contributed by atoms with van der Waals surface area (Å²) in [4.78, 5) is 10.7. The van der Waals surface area contributed by atoms with Crippen LogP contribution in [-0.2, 0) is 9.53 Å². The molecule has 1 aliphatic rings. The summed E-state index contributed by atoms with van der Waals surface area (Å²) < 4.78 is 20.5. The van der Waals surface area contributed by atoms with E-state index < -0.39 is 18.2 Å². The molecule has 2 rings (SSSR count). The van der Waals surface area contributed by atoms with Crippen LogP contribution in [-0.4, -0.2) is 33.4 Å². The fourth-order valence-electron chi connectivity index (χ4n) is 1.81. The number of benzene rings is 1. The third-order valence-corrected chi connectivity index (χ3v) is 2.74. The summed E-state index contributed by atoms with van der Waals surface area (Å²) in [5, 5.41) is 10.7. The van der Waals surface area contributed by atoms with Crippen molar-refractivity contribution >= 4 is 5.97 Å². The Morgan fingerprint density at radius 1 is 1.16 bits per heavy atom. The van der Waals surface area contributed by atoms with Crippen molar-refractivity contribution in [3.8, 4) is 17.2 Å². The molecule has 0 spiro atoms. The summed E-state index contributed by atoms with van der Waals surface area (Å²) >= 11 is 0. The van der Waals surface area contributed by atoms with Crippen LogP contribution in [0.25, 0.3) is 0 Å². The molecule has 1 saturated heterocycles. The van der Waals surface area contributed by atoms with Gasteiger partial charge >= 0.3 is 29.6 Å². The number of hydrogen-bond donors (Lipinski definition) is 0. The number of methoxy groups -OCH3 is 3. The molecule has 7 heteroatoms. The van der Waals surface area contributed by atoms with Crippen molar-refractivity contribution in [2.75, 3.05) is 21.3 Å². The van der Waals surface area contributed by atoms with Crippen LogP contribution in [0.3, 0.4) is 0 Å². The van der Waals surface area contributed by atoms with Gasteiger partial charge in [-0.15, -0.1) is 0 Å². The molecule has 0 aromatic heterocycles. The number of ether oxygens (including phenoxy) is 4. The van der Waals surface area contributed by atoms with E-state index >= 15 is 0 Å². The van der Waals surface area contributed by atoms with E-state index in [-0.39, 0.29) is 29.6 Å². The Morgan fingerprint density at radius 3 is 2.00 bits per heavy atom. The molecule has 1 aromatic carbocycles. The molecule has 0 aliphatic carbocycles. The number of carbonyl (C=O) groups is 1. The minimum absolute atomic E-state index is 0. The number of rotatable bonds is 5. The summed E-state index contributed by atoms with van der Waals surface area (Å²) in [6, 6.07) is 3.32. The number of aliphatic carboxylic acids is 1. The van der Waals surface area contributed by atoms with Crippen molar-refractivity contribution in [3.63, 3.8) is 0 Å². The molecule has 1 fully saturated rings. The quantitative estimate of drug-likeness (QED) is 0.419. The van der Waals surface area contributed by atoms with E-state index in [9.17, 15) is 9.90 Å². The average molecular weight is 276 g/mol. The maximum atomic E-state index is 10.7. The molecule has 6 nitrogen and oxygen atoms in total. The SMILES string of the molecule is COc1cc(C2OC2C(=O)[O-])cc(OC)c1OC.[Na+]. The molecule has 0 saturated carbocycles. The number of carboxylic acids is 1. The van der Waals surface area contributed by atoms with Crippen LogP contribution in [0.1, 0.15) is 11.7 Å². The van der Waals surface area contributed by atoms with Gasteiger partial charge in [-0.3, -0.25) is 0 Å². The minimum Gasteiger partial charge on any atom is -0.547 e. The van der Waals surface area contributed by atoms with Gasteiger partial charge in [0, 0.05) is 0 Å². The topological polar surface area (TPSA) is 80.4 Å². The third kappa shape index (κ3) is 3.14.